The molecule has 0 heterocycles. The Kier molecular flexibility index (Phi) is 34.6. The SMILES string of the molecule is CCCCCCCC/C=C\CCCCCCCC(=O)OCC(COP(=O)([O-])OCC[N+](C)(C)C)OC(=O)CCCCCCCCCCCCCCC. The lowest BCUT2D eigenvalue weighted by Gasteiger charge is -2.28. The Morgan fingerprint density at radius 3 is 1.42 bits per heavy atom. The van der Waals surface area contributed by atoms with Gasteiger partial charge in [-0.15, -0.1) is 0 Å². The zero-order chi connectivity index (χ0) is 38.6. The summed E-state index contributed by atoms with van der Waals surface area (Å²) in [6, 6.07) is 0. The number of unbranched alkanes of at least 4 members (excludes halogenated alkanes) is 23. The number of carbonyl (C=O) groups is 2. The Balaban J connectivity index is 4.37. The predicted molar refractivity (Wildman–Crippen MR) is 213 cm³/mol. The van der Waals surface area contributed by atoms with Crippen LogP contribution in [0.15, 0.2) is 12.2 Å². The fourth-order valence-electron chi connectivity index (χ4n) is 5.88. The third-order valence-electron chi connectivity index (χ3n) is 9.29. The van der Waals surface area contributed by atoms with Crippen molar-refractivity contribution >= 4 is 19.8 Å². The molecule has 0 saturated heterocycles. The summed E-state index contributed by atoms with van der Waals surface area (Å²) >= 11 is 0. The molecule has 9 nitrogen and oxygen atoms in total. The maximum atomic E-state index is 12.6. The Bertz CT molecular complexity index is 907. The Morgan fingerprint density at radius 2 is 0.981 bits per heavy atom. The summed E-state index contributed by atoms with van der Waals surface area (Å²) < 4.78 is 33.8. The second-order valence-corrected chi connectivity index (χ2v) is 17.1. The number of carbonyl (C=O) groups excluding carboxylic acids is 2. The van der Waals surface area contributed by atoms with E-state index in [0.29, 0.717) is 17.4 Å². The Labute approximate surface area is 320 Å². The third kappa shape index (κ3) is 38.5. The molecule has 0 spiro atoms. The molecular weight excluding hydrogens is 677 g/mol. The molecule has 52 heavy (non-hydrogen) atoms. The summed E-state index contributed by atoms with van der Waals surface area (Å²) in [7, 11) is 1.17. The molecule has 0 fully saturated rings. The van der Waals surface area contributed by atoms with Crippen LogP contribution < -0.4 is 4.89 Å². The number of ether oxygens (including phenoxy) is 2. The summed E-state index contributed by atoms with van der Waals surface area (Å²) in [5, 5.41) is 0. The summed E-state index contributed by atoms with van der Waals surface area (Å²) in [6.07, 6.45) is 35.1. The van der Waals surface area contributed by atoms with Crippen molar-refractivity contribution in [2.24, 2.45) is 0 Å². The number of phosphoric acid groups is 1. The van der Waals surface area contributed by atoms with Gasteiger partial charge in [-0.25, -0.2) is 0 Å². The number of phosphoric ester groups is 1. The molecule has 0 aromatic carbocycles. The van der Waals surface area contributed by atoms with Crippen molar-refractivity contribution in [2.45, 2.75) is 200 Å². The fourth-order valence-corrected chi connectivity index (χ4v) is 6.61. The van der Waals surface area contributed by atoms with Gasteiger partial charge in [-0.2, -0.15) is 0 Å². The highest BCUT2D eigenvalue weighted by Gasteiger charge is 2.21. The molecule has 308 valence electrons. The summed E-state index contributed by atoms with van der Waals surface area (Å²) in [5.41, 5.74) is 0. The average molecular weight is 760 g/mol. The standard InChI is InChI=1S/C42H82NO8P/c1-6-8-10-12-14-16-18-20-21-23-24-26-28-30-32-34-41(44)48-38-40(39-50-52(46,47)49-37-36-43(3,4)5)51-42(45)35-33-31-29-27-25-22-19-17-15-13-11-9-7-2/h20-21,40H,6-19,22-39H2,1-5H3/b21-20-. The monoisotopic (exact) mass is 760 g/mol. The van der Waals surface area contributed by atoms with Crippen LogP contribution in [-0.2, 0) is 32.7 Å². The van der Waals surface area contributed by atoms with E-state index in [-0.39, 0.29) is 32.0 Å². The van der Waals surface area contributed by atoms with E-state index < -0.39 is 26.5 Å². The van der Waals surface area contributed by atoms with Crippen LogP contribution in [0.2, 0.25) is 0 Å². The number of allylic oxidation sites excluding steroid dienone is 2. The van der Waals surface area contributed by atoms with Gasteiger partial charge in [-0.3, -0.25) is 14.2 Å². The summed E-state index contributed by atoms with van der Waals surface area (Å²) in [4.78, 5) is 37.4. The molecule has 0 radical (unpaired) electrons. The topological polar surface area (TPSA) is 111 Å². The van der Waals surface area contributed by atoms with E-state index >= 15 is 0 Å². The molecule has 0 rings (SSSR count). The van der Waals surface area contributed by atoms with Crippen LogP contribution in [-0.4, -0.2) is 70.0 Å². The van der Waals surface area contributed by atoms with Gasteiger partial charge in [-0.05, 0) is 38.5 Å². The quantitative estimate of drug-likeness (QED) is 0.0200. The molecule has 2 atom stereocenters. The van der Waals surface area contributed by atoms with Crippen LogP contribution in [0.1, 0.15) is 194 Å². The van der Waals surface area contributed by atoms with E-state index in [2.05, 4.69) is 26.0 Å². The number of hydrogen-bond acceptors (Lipinski definition) is 8. The Morgan fingerprint density at radius 1 is 0.577 bits per heavy atom. The number of likely N-dealkylation sites (N-methyl/N-ethyl adjacent to an activating group) is 1. The zero-order valence-electron chi connectivity index (χ0n) is 34.5. The van der Waals surface area contributed by atoms with Crippen LogP contribution in [0.5, 0.6) is 0 Å². The molecule has 0 saturated carbocycles. The van der Waals surface area contributed by atoms with Crippen molar-refractivity contribution in [3.63, 3.8) is 0 Å². The minimum absolute atomic E-state index is 0.0290. The smallest absolute Gasteiger partial charge is 0.306 e. The van der Waals surface area contributed by atoms with E-state index in [4.69, 9.17) is 18.5 Å². The van der Waals surface area contributed by atoms with Gasteiger partial charge in [0.2, 0.25) is 0 Å². The van der Waals surface area contributed by atoms with Crippen LogP contribution in [0.4, 0.5) is 0 Å². The highest BCUT2D eigenvalue weighted by molar-refractivity contribution is 7.45. The van der Waals surface area contributed by atoms with Crippen molar-refractivity contribution in [1.29, 1.82) is 0 Å². The number of esters is 2. The van der Waals surface area contributed by atoms with Crippen LogP contribution in [0.3, 0.4) is 0 Å². The largest absolute Gasteiger partial charge is 0.756 e. The van der Waals surface area contributed by atoms with E-state index in [1.165, 1.54) is 109 Å². The molecule has 0 amide bonds. The van der Waals surface area contributed by atoms with E-state index in [0.717, 1.165) is 51.4 Å². The van der Waals surface area contributed by atoms with Crippen molar-refractivity contribution < 1.29 is 42.1 Å². The first-order chi connectivity index (χ1) is 25.0. The maximum absolute atomic E-state index is 12.6. The normalized spacial score (nSPS) is 13.7. The zero-order valence-corrected chi connectivity index (χ0v) is 35.4. The first-order valence-electron chi connectivity index (χ1n) is 21.4. The Hall–Kier alpha value is -1.25. The second kappa shape index (κ2) is 35.5. The van der Waals surface area contributed by atoms with Crippen LogP contribution in [0, 0.1) is 0 Å². The molecule has 0 aromatic rings. The van der Waals surface area contributed by atoms with Gasteiger partial charge in [0.15, 0.2) is 6.10 Å². The molecule has 0 N–H and O–H groups in total. The molecule has 0 aromatic heterocycles. The van der Waals surface area contributed by atoms with E-state index in [1.54, 1.807) is 0 Å². The van der Waals surface area contributed by atoms with Gasteiger partial charge in [0.1, 0.15) is 19.8 Å². The molecule has 10 heteroatoms. The summed E-state index contributed by atoms with van der Waals surface area (Å²) in [5.74, 6) is -0.837. The van der Waals surface area contributed by atoms with Gasteiger partial charge in [0, 0.05) is 12.8 Å². The number of hydrogen-bond donors (Lipinski definition) is 0. The summed E-state index contributed by atoms with van der Waals surface area (Å²) in [6.45, 7) is 4.22. The average Bonchev–Trinajstić information content (AvgIpc) is 3.09. The molecule has 2 unspecified atom stereocenters. The van der Waals surface area contributed by atoms with Crippen LogP contribution in [0.25, 0.3) is 0 Å². The van der Waals surface area contributed by atoms with Gasteiger partial charge in [0.25, 0.3) is 7.82 Å². The first kappa shape index (κ1) is 50.8. The lowest BCUT2D eigenvalue weighted by Crippen LogP contribution is -2.37. The van der Waals surface area contributed by atoms with Gasteiger partial charge in [-0.1, -0.05) is 154 Å². The minimum Gasteiger partial charge on any atom is -0.756 e. The third-order valence-corrected chi connectivity index (χ3v) is 10.2. The molecular formula is C42H82NO8P. The highest BCUT2D eigenvalue weighted by Crippen LogP contribution is 2.38. The molecule has 0 aliphatic heterocycles. The second-order valence-electron chi connectivity index (χ2n) is 15.7. The lowest BCUT2D eigenvalue weighted by molar-refractivity contribution is -0.870. The van der Waals surface area contributed by atoms with Crippen molar-refractivity contribution in [3.8, 4) is 0 Å². The van der Waals surface area contributed by atoms with Gasteiger partial charge >= 0.3 is 11.9 Å². The van der Waals surface area contributed by atoms with Crippen molar-refractivity contribution in [1.82, 2.24) is 0 Å². The predicted octanol–water partition coefficient (Wildman–Crippen LogP) is 11.2. The van der Waals surface area contributed by atoms with E-state index in [1.807, 2.05) is 21.1 Å². The number of nitrogens with zero attached hydrogens (tertiary/aromatic N) is 1. The van der Waals surface area contributed by atoms with E-state index in [9.17, 15) is 19.0 Å². The molecule has 0 aliphatic rings. The number of quaternary nitrogens is 1. The van der Waals surface area contributed by atoms with Gasteiger partial charge < -0.3 is 27.9 Å². The van der Waals surface area contributed by atoms with Gasteiger partial charge in [0.05, 0.1) is 27.7 Å². The fraction of sp³-hybridized carbons (Fsp3) is 0.905. The first-order valence-corrected chi connectivity index (χ1v) is 22.9. The molecule has 0 bridgehead atoms. The van der Waals surface area contributed by atoms with Crippen molar-refractivity contribution in [2.75, 3.05) is 47.5 Å². The van der Waals surface area contributed by atoms with Crippen LogP contribution >= 0.6 is 7.82 Å². The van der Waals surface area contributed by atoms with Crippen molar-refractivity contribution in [3.05, 3.63) is 12.2 Å². The molecule has 0 aliphatic carbocycles. The highest BCUT2D eigenvalue weighted by atomic mass is 31.2. The maximum Gasteiger partial charge on any atom is 0.306 e. The lowest BCUT2D eigenvalue weighted by atomic mass is 10.0. The minimum atomic E-state index is -4.62. The number of rotatable bonds is 39.